The van der Waals surface area contributed by atoms with E-state index in [-0.39, 0.29) is 18.4 Å². The van der Waals surface area contributed by atoms with Gasteiger partial charge in [-0.25, -0.2) is 0 Å². The van der Waals surface area contributed by atoms with Gasteiger partial charge in [-0.05, 0) is 37.2 Å². The molecule has 1 fully saturated rings. The summed E-state index contributed by atoms with van der Waals surface area (Å²) in [6, 6.07) is 0. The number of carbonyl (C=O) groups excluding carboxylic acids is 2. The van der Waals surface area contributed by atoms with Crippen molar-refractivity contribution >= 4 is 23.3 Å². The predicted octanol–water partition coefficient (Wildman–Crippen LogP) is 0.461. The van der Waals surface area contributed by atoms with E-state index < -0.39 is 0 Å². The quantitative estimate of drug-likeness (QED) is 0.854. The minimum Gasteiger partial charge on any atom is -0.375 e. The molecule has 0 aliphatic carbocycles. The summed E-state index contributed by atoms with van der Waals surface area (Å²) in [7, 11) is 1.50. The maximum Gasteiger partial charge on any atom is 0.267 e. The Labute approximate surface area is 127 Å². The molecule has 2 rings (SSSR count). The Hall–Kier alpha value is -1.54. The number of methoxy groups -OCH3 is 1. The average molecular weight is 312 g/mol. The number of nitrogens with one attached hydrogen (secondary N) is 1. The van der Waals surface area contributed by atoms with E-state index in [0.29, 0.717) is 36.1 Å². The molecule has 116 valence electrons. The molecule has 0 spiro atoms. The Morgan fingerprint density at radius 2 is 2.14 bits per heavy atom. The normalized spacial score (nSPS) is 16.0. The van der Waals surface area contributed by atoms with Gasteiger partial charge >= 0.3 is 0 Å². The van der Waals surface area contributed by atoms with Crippen molar-refractivity contribution in [3.05, 3.63) is 10.6 Å². The van der Waals surface area contributed by atoms with Gasteiger partial charge < -0.3 is 15.0 Å². The molecule has 1 saturated heterocycles. The first-order valence-corrected chi connectivity index (χ1v) is 7.73. The smallest absolute Gasteiger partial charge is 0.267 e. The number of hydrogen-bond donors (Lipinski definition) is 1. The highest BCUT2D eigenvalue weighted by Crippen LogP contribution is 2.20. The third kappa shape index (κ3) is 4.21. The summed E-state index contributed by atoms with van der Waals surface area (Å²) in [5.74, 6) is 0.335. The van der Waals surface area contributed by atoms with E-state index in [0.717, 1.165) is 24.4 Å². The first-order valence-electron chi connectivity index (χ1n) is 6.95. The number of aromatic nitrogens is 2. The lowest BCUT2D eigenvalue weighted by Crippen LogP contribution is -2.42. The SMILES string of the molecule is COCC(=O)NCC1CCN(C(=O)c2snnc2C)CC1. The number of likely N-dealkylation sites (tertiary alicyclic amines) is 1. The molecular weight excluding hydrogens is 292 g/mol. The maximum absolute atomic E-state index is 12.3. The maximum atomic E-state index is 12.3. The molecule has 1 N–H and O–H groups in total. The second-order valence-electron chi connectivity index (χ2n) is 5.16. The first-order chi connectivity index (χ1) is 10.1. The highest BCUT2D eigenvalue weighted by atomic mass is 32.1. The summed E-state index contributed by atoms with van der Waals surface area (Å²) in [6.07, 6.45) is 1.79. The second kappa shape index (κ2) is 7.46. The van der Waals surface area contributed by atoms with Crippen LogP contribution in [-0.4, -0.2) is 59.7 Å². The molecule has 21 heavy (non-hydrogen) atoms. The molecule has 1 aliphatic heterocycles. The molecule has 2 heterocycles. The van der Waals surface area contributed by atoms with Gasteiger partial charge in [0.2, 0.25) is 5.91 Å². The van der Waals surface area contributed by atoms with Crippen LogP contribution < -0.4 is 5.32 Å². The second-order valence-corrected chi connectivity index (χ2v) is 5.91. The summed E-state index contributed by atoms with van der Waals surface area (Å²) < 4.78 is 8.57. The van der Waals surface area contributed by atoms with Crippen LogP contribution in [0.1, 0.15) is 28.2 Å². The first kappa shape index (κ1) is 15.8. The summed E-state index contributed by atoms with van der Waals surface area (Å²) >= 11 is 1.15. The Balaban J connectivity index is 1.77. The Bertz CT molecular complexity index is 497. The van der Waals surface area contributed by atoms with E-state index in [1.807, 2.05) is 4.90 Å². The highest BCUT2D eigenvalue weighted by molar-refractivity contribution is 7.07. The van der Waals surface area contributed by atoms with E-state index in [9.17, 15) is 9.59 Å². The minimum atomic E-state index is -0.0950. The van der Waals surface area contributed by atoms with Crippen LogP contribution in [0.5, 0.6) is 0 Å². The van der Waals surface area contributed by atoms with Gasteiger partial charge in [0.25, 0.3) is 5.91 Å². The third-order valence-corrected chi connectivity index (χ3v) is 4.43. The summed E-state index contributed by atoms with van der Waals surface area (Å²) in [5, 5.41) is 6.72. The van der Waals surface area contributed by atoms with Crippen molar-refractivity contribution in [2.45, 2.75) is 19.8 Å². The minimum absolute atomic E-state index is 0.0179. The van der Waals surface area contributed by atoms with Gasteiger partial charge in [-0.3, -0.25) is 9.59 Å². The fourth-order valence-corrected chi connectivity index (χ4v) is 2.98. The average Bonchev–Trinajstić information content (AvgIpc) is 2.91. The van der Waals surface area contributed by atoms with Crippen LogP contribution in [0.4, 0.5) is 0 Å². The fraction of sp³-hybridized carbons (Fsp3) is 0.692. The van der Waals surface area contributed by atoms with Crippen molar-refractivity contribution < 1.29 is 14.3 Å². The van der Waals surface area contributed by atoms with Gasteiger partial charge in [0, 0.05) is 26.7 Å². The molecule has 0 bridgehead atoms. The molecule has 2 amide bonds. The number of amides is 2. The van der Waals surface area contributed by atoms with Gasteiger partial charge in [-0.15, -0.1) is 5.10 Å². The van der Waals surface area contributed by atoms with Crippen molar-refractivity contribution in [3.8, 4) is 0 Å². The van der Waals surface area contributed by atoms with Gasteiger partial charge in [-0.1, -0.05) is 4.49 Å². The van der Waals surface area contributed by atoms with Gasteiger partial charge in [0.1, 0.15) is 11.5 Å². The van der Waals surface area contributed by atoms with Gasteiger partial charge in [-0.2, -0.15) is 0 Å². The van der Waals surface area contributed by atoms with Crippen molar-refractivity contribution in [2.24, 2.45) is 5.92 Å². The molecule has 1 aliphatic rings. The number of piperidine rings is 1. The van der Waals surface area contributed by atoms with E-state index in [1.165, 1.54) is 7.11 Å². The Morgan fingerprint density at radius 3 is 2.71 bits per heavy atom. The number of rotatable bonds is 5. The van der Waals surface area contributed by atoms with E-state index in [2.05, 4.69) is 14.9 Å². The molecule has 1 aromatic rings. The number of ether oxygens (including phenoxy) is 1. The molecule has 0 saturated carbocycles. The van der Waals surface area contributed by atoms with Gasteiger partial charge in [0.05, 0.1) is 5.69 Å². The molecule has 0 unspecified atom stereocenters. The molecule has 7 nitrogen and oxygen atoms in total. The number of carbonyl (C=O) groups is 2. The van der Waals surface area contributed by atoms with Crippen LogP contribution in [0, 0.1) is 12.8 Å². The van der Waals surface area contributed by atoms with Crippen LogP contribution in [0.15, 0.2) is 0 Å². The fourth-order valence-electron chi connectivity index (χ4n) is 2.35. The van der Waals surface area contributed by atoms with E-state index in [4.69, 9.17) is 4.74 Å². The van der Waals surface area contributed by atoms with Crippen molar-refractivity contribution in [1.82, 2.24) is 19.8 Å². The van der Waals surface area contributed by atoms with Crippen LogP contribution in [0.25, 0.3) is 0 Å². The predicted molar refractivity (Wildman–Crippen MR) is 78.2 cm³/mol. The monoisotopic (exact) mass is 312 g/mol. The molecule has 0 radical (unpaired) electrons. The largest absolute Gasteiger partial charge is 0.375 e. The standard InChI is InChI=1S/C13H20N4O3S/c1-9-12(21-16-15-9)13(19)17-5-3-10(4-6-17)7-14-11(18)8-20-2/h10H,3-8H2,1-2H3,(H,14,18). The number of nitrogens with zero attached hydrogens (tertiary/aromatic N) is 3. The van der Waals surface area contributed by atoms with Gasteiger partial charge in [0.15, 0.2) is 0 Å². The summed E-state index contributed by atoms with van der Waals surface area (Å²) in [4.78, 5) is 26.1. The zero-order valence-corrected chi connectivity index (χ0v) is 13.1. The Morgan fingerprint density at radius 1 is 1.43 bits per heavy atom. The summed E-state index contributed by atoms with van der Waals surface area (Å²) in [5.41, 5.74) is 0.693. The number of hydrogen-bond acceptors (Lipinski definition) is 6. The molecule has 8 heteroatoms. The molecule has 0 atom stereocenters. The molecular formula is C13H20N4O3S. The van der Waals surface area contributed by atoms with Crippen molar-refractivity contribution in [2.75, 3.05) is 33.4 Å². The topological polar surface area (TPSA) is 84.4 Å². The van der Waals surface area contributed by atoms with Crippen LogP contribution in [0.2, 0.25) is 0 Å². The molecule has 1 aromatic heterocycles. The van der Waals surface area contributed by atoms with Crippen LogP contribution >= 0.6 is 11.5 Å². The van der Waals surface area contributed by atoms with E-state index in [1.54, 1.807) is 6.92 Å². The third-order valence-electron chi connectivity index (χ3n) is 3.61. The van der Waals surface area contributed by atoms with Crippen LogP contribution in [0.3, 0.4) is 0 Å². The molecule has 0 aromatic carbocycles. The van der Waals surface area contributed by atoms with Crippen LogP contribution in [-0.2, 0) is 9.53 Å². The summed E-state index contributed by atoms with van der Waals surface area (Å²) in [6.45, 7) is 3.96. The highest BCUT2D eigenvalue weighted by Gasteiger charge is 2.26. The van der Waals surface area contributed by atoms with Crippen molar-refractivity contribution in [3.63, 3.8) is 0 Å². The zero-order chi connectivity index (χ0) is 15.2. The van der Waals surface area contributed by atoms with E-state index >= 15 is 0 Å². The Kier molecular flexibility index (Phi) is 5.63. The lowest BCUT2D eigenvalue weighted by molar-refractivity contribution is -0.125. The lowest BCUT2D eigenvalue weighted by Gasteiger charge is -2.31. The lowest BCUT2D eigenvalue weighted by atomic mass is 9.96. The zero-order valence-electron chi connectivity index (χ0n) is 12.3. The van der Waals surface area contributed by atoms with Crippen molar-refractivity contribution in [1.29, 1.82) is 0 Å². The number of aryl methyl sites for hydroxylation is 1.